The van der Waals surface area contributed by atoms with Crippen molar-refractivity contribution in [3.8, 4) is 0 Å². The van der Waals surface area contributed by atoms with Crippen LogP contribution in [-0.2, 0) is 25.2 Å². The molecule has 8 nitrogen and oxygen atoms in total. The number of hydrogen-bond donors (Lipinski definition) is 3. The van der Waals surface area contributed by atoms with Crippen LogP contribution >= 0.6 is 0 Å². The predicted octanol–water partition coefficient (Wildman–Crippen LogP) is -0.666. The van der Waals surface area contributed by atoms with Crippen LogP contribution in [-0.4, -0.2) is 54.2 Å². The van der Waals surface area contributed by atoms with E-state index < -0.39 is 56.8 Å². The van der Waals surface area contributed by atoms with Gasteiger partial charge in [0.1, 0.15) is 23.5 Å². The van der Waals surface area contributed by atoms with Gasteiger partial charge in [-0.15, -0.1) is 0 Å². The predicted molar refractivity (Wildman–Crippen MR) is 89.6 cm³/mol. The minimum atomic E-state index is -1.63. The van der Waals surface area contributed by atoms with E-state index in [1.54, 1.807) is 44.2 Å². The molecule has 25 heavy (non-hydrogen) atoms. The summed E-state index contributed by atoms with van der Waals surface area (Å²) in [6.45, 7) is 3.09. The Morgan fingerprint density at radius 3 is 2.48 bits per heavy atom. The number of rotatable bonds is 4. The van der Waals surface area contributed by atoms with Crippen molar-refractivity contribution in [2.75, 3.05) is 0 Å². The first kappa shape index (κ1) is 17.6. The summed E-state index contributed by atoms with van der Waals surface area (Å²) in [4.78, 5) is 37.3. The highest BCUT2D eigenvalue weighted by atomic mass is 32.2. The fraction of sp³-hybridized carbons (Fsp3) is 0.438. The molecule has 0 bridgehead atoms. The van der Waals surface area contributed by atoms with Gasteiger partial charge in [-0.3, -0.25) is 13.8 Å². The van der Waals surface area contributed by atoms with Gasteiger partial charge in [0.15, 0.2) is 0 Å². The summed E-state index contributed by atoms with van der Waals surface area (Å²) in [5.41, 5.74) is 6.49. The number of benzene rings is 1. The molecule has 2 fully saturated rings. The first-order valence-corrected chi connectivity index (χ1v) is 8.95. The standard InChI is InChI=1S/C16H19N3O5S/c1-16(2)11(15(22)23)19-13(21)10(14(19)25(16)24)18-12(20)9(17)8-6-4-3-5-7-8/h3-7,9-11,14H,17H2,1-2H3,(H,18,20)(H,22,23)/t9-,10+,11+,14-,25+/m1/s1. The maximum Gasteiger partial charge on any atom is 0.328 e. The number of nitrogens with zero attached hydrogens (tertiary/aromatic N) is 1. The van der Waals surface area contributed by atoms with Gasteiger partial charge in [-0.25, -0.2) is 4.79 Å². The Bertz CT molecular complexity index is 766. The minimum absolute atomic E-state index is 0.551. The molecule has 134 valence electrons. The average Bonchev–Trinajstić information content (AvgIpc) is 2.77. The molecule has 5 atom stereocenters. The van der Waals surface area contributed by atoms with Gasteiger partial charge in [0.25, 0.3) is 0 Å². The monoisotopic (exact) mass is 365 g/mol. The molecule has 2 aliphatic rings. The molecule has 2 heterocycles. The van der Waals surface area contributed by atoms with E-state index >= 15 is 0 Å². The third-order valence-electron chi connectivity index (χ3n) is 4.73. The quantitative estimate of drug-likeness (QED) is 0.607. The molecule has 2 amide bonds. The molecule has 0 spiro atoms. The molecule has 3 rings (SSSR count). The van der Waals surface area contributed by atoms with Crippen molar-refractivity contribution in [1.82, 2.24) is 10.2 Å². The number of carbonyl (C=O) groups excluding carboxylic acids is 2. The lowest BCUT2D eigenvalue weighted by molar-refractivity contribution is -0.161. The van der Waals surface area contributed by atoms with Crippen molar-refractivity contribution < 1.29 is 23.7 Å². The summed E-state index contributed by atoms with van der Waals surface area (Å²) < 4.78 is 11.5. The normalized spacial score (nSPS) is 31.0. The summed E-state index contributed by atoms with van der Waals surface area (Å²) in [7, 11) is -1.63. The first-order chi connectivity index (χ1) is 11.7. The molecule has 0 unspecified atom stereocenters. The number of amides is 2. The maximum atomic E-state index is 12.7. The van der Waals surface area contributed by atoms with Gasteiger partial charge in [0, 0.05) is 0 Å². The Balaban J connectivity index is 1.78. The number of carboxylic acids is 1. The smallest absolute Gasteiger partial charge is 0.328 e. The van der Waals surface area contributed by atoms with Crippen molar-refractivity contribution in [3.63, 3.8) is 0 Å². The molecule has 0 aromatic heterocycles. The Kier molecular flexibility index (Phi) is 4.16. The summed E-state index contributed by atoms with van der Waals surface area (Å²) in [5.74, 6) is -2.33. The summed E-state index contributed by atoms with van der Waals surface area (Å²) in [6, 6.07) is 5.48. The van der Waals surface area contributed by atoms with Crippen molar-refractivity contribution in [3.05, 3.63) is 35.9 Å². The second-order valence-corrected chi connectivity index (χ2v) is 8.78. The van der Waals surface area contributed by atoms with Gasteiger partial charge >= 0.3 is 5.97 Å². The summed E-state index contributed by atoms with van der Waals surface area (Å²) >= 11 is 0. The van der Waals surface area contributed by atoms with Gasteiger partial charge in [0.05, 0.1) is 15.5 Å². The fourth-order valence-corrected chi connectivity index (χ4v) is 5.27. The van der Waals surface area contributed by atoms with Gasteiger partial charge < -0.3 is 21.1 Å². The van der Waals surface area contributed by atoms with E-state index in [1.165, 1.54) is 0 Å². The Morgan fingerprint density at radius 2 is 1.92 bits per heavy atom. The zero-order chi connectivity index (χ0) is 18.5. The number of aliphatic carboxylic acids is 1. The molecule has 4 N–H and O–H groups in total. The number of nitrogens with two attached hydrogens (primary N) is 1. The van der Waals surface area contributed by atoms with Crippen molar-refractivity contribution in [2.24, 2.45) is 5.73 Å². The van der Waals surface area contributed by atoms with Crippen molar-refractivity contribution in [2.45, 2.75) is 42.1 Å². The molecule has 1 aromatic rings. The van der Waals surface area contributed by atoms with Crippen LogP contribution in [0.15, 0.2) is 30.3 Å². The molecule has 0 saturated carbocycles. The van der Waals surface area contributed by atoms with E-state index in [9.17, 15) is 23.7 Å². The van der Waals surface area contributed by atoms with Crippen LogP contribution in [0.5, 0.6) is 0 Å². The van der Waals surface area contributed by atoms with Crippen LogP contribution < -0.4 is 11.1 Å². The van der Waals surface area contributed by atoms with Crippen molar-refractivity contribution in [1.29, 1.82) is 0 Å². The van der Waals surface area contributed by atoms with Crippen LogP contribution in [0.25, 0.3) is 0 Å². The highest BCUT2D eigenvalue weighted by molar-refractivity contribution is 7.87. The van der Waals surface area contributed by atoms with E-state index in [4.69, 9.17) is 5.73 Å². The third kappa shape index (κ3) is 2.54. The molecule has 0 aliphatic carbocycles. The second-order valence-electron chi connectivity index (χ2n) is 6.65. The van der Waals surface area contributed by atoms with Gasteiger partial charge in [-0.2, -0.15) is 0 Å². The third-order valence-corrected chi connectivity index (χ3v) is 6.93. The fourth-order valence-electron chi connectivity index (χ4n) is 3.35. The van der Waals surface area contributed by atoms with E-state index in [2.05, 4.69) is 5.32 Å². The number of carbonyl (C=O) groups is 3. The second kappa shape index (κ2) is 5.92. The lowest BCUT2D eigenvalue weighted by atomic mass is 9.95. The van der Waals surface area contributed by atoms with Crippen LogP contribution in [0.4, 0.5) is 0 Å². The zero-order valence-electron chi connectivity index (χ0n) is 13.7. The van der Waals surface area contributed by atoms with Gasteiger partial charge in [-0.1, -0.05) is 30.3 Å². The molecule has 2 saturated heterocycles. The molecule has 1 aromatic carbocycles. The highest BCUT2D eigenvalue weighted by Crippen LogP contribution is 2.43. The minimum Gasteiger partial charge on any atom is -0.480 e. The molecular weight excluding hydrogens is 346 g/mol. The number of hydrogen-bond acceptors (Lipinski definition) is 5. The first-order valence-electron chi connectivity index (χ1n) is 7.74. The van der Waals surface area contributed by atoms with Crippen LogP contribution in [0, 0.1) is 0 Å². The lowest BCUT2D eigenvalue weighted by Gasteiger charge is -2.43. The lowest BCUT2D eigenvalue weighted by Crippen LogP contribution is -2.72. The molecule has 0 radical (unpaired) electrons. The molecule has 9 heteroatoms. The zero-order valence-corrected chi connectivity index (χ0v) is 14.5. The Labute approximate surface area is 146 Å². The number of β-lactam (4-membered cyclic amide) rings is 1. The van der Waals surface area contributed by atoms with Gasteiger partial charge in [0.2, 0.25) is 11.8 Å². The van der Waals surface area contributed by atoms with E-state index in [0.29, 0.717) is 5.56 Å². The van der Waals surface area contributed by atoms with E-state index in [-0.39, 0.29) is 0 Å². The van der Waals surface area contributed by atoms with E-state index in [0.717, 1.165) is 4.90 Å². The van der Waals surface area contributed by atoms with Crippen LogP contribution in [0.1, 0.15) is 25.5 Å². The largest absolute Gasteiger partial charge is 0.480 e. The molecular formula is C16H19N3O5S. The molecule has 2 aliphatic heterocycles. The Morgan fingerprint density at radius 1 is 1.32 bits per heavy atom. The highest BCUT2D eigenvalue weighted by Gasteiger charge is 2.68. The SMILES string of the molecule is CC1(C)[C@H](C(=O)O)N2C(=O)[C@H](NC(=O)[C@H](N)c3ccccc3)[C@H]2[S@@]1=O. The number of fused-ring (bicyclic) bond motifs is 1. The van der Waals surface area contributed by atoms with E-state index in [1.807, 2.05) is 0 Å². The topological polar surface area (TPSA) is 130 Å². The van der Waals surface area contributed by atoms with Crippen molar-refractivity contribution >= 4 is 28.6 Å². The average molecular weight is 365 g/mol. The Hall–Kier alpha value is -2.26. The number of nitrogens with one attached hydrogen (secondary N) is 1. The van der Waals surface area contributed by atoms with Crippen LogP contribution in [0.2, 0.25) is 0 Å². The van der Waals surface area contributed by atoms with Gasteiger partial charge in [-0.05, 0) is 19.4 Å². The van der Waals surface area contributed by atoms with Crippen LogP contribution in [0.3, 0.4) is 0 Å². The number of carboxylic acid groups (broad SMARTS) is 1. The summed E-state index contributed by atoms with van der Waals surface area (Å²) in [5, 5.41) is 11.0. The maximum absolute atomic E-state index is 12.7. The summed E-state index contributed by atoms with van der Waals surface area (Å²) in [6.07, 6.45) is 0.